The molecule has 0 fully saturated rings. The second-order valence-electron chi connectivity index (χ2n) is 3.51. The molecule has 0 aliphatic carbocycles. The van der Waals surface area contributed by atoms with Gasteiger partial charge in [0.2, 0.25) is 5.95 Å². The lowest BCUT2D eigenvalue weighted by atomic mass is 10.1. The molecule has 0 unspecified atom stereocenters. The number of halogens is 2. The van der Waals surface area contributed by atoms with Gasteiger partial charge in [-0.15, -0.1) is 0 Å². The molecule has 94 valence electrons. The average Bonchev–Trinajstić information content (AvgIpc) is 2.69. The Morgan fingerprint density at radius 2 is 2.28 bits per heavy atom. The van der Waals surface area contributed by atoms with Gasteiger partial charge < -0.3 is 5.73 Å². The number of rotatable bonds is 2. The zero-order valence-corrected chi connectivity index (χ0v) is 10.9. The van der Waals surface area contributed by atoms with Crippen LogP contribution in [0.25, 0.3) is 0 Å². The summed E-state index contributed by atoms with van der Waals surface area (Å²) in [6.07, 6.45) is 1.29. The largest absolute Gasteiger partial charge is 0.398 e. The summed E-state index contributed by atoms with van der Waals surface area (Å²) >= 11 is 2.99. The van der Waals surface area contributed by atoms with Gasteiger partial charge >= 0.3 is 0 Å². The summed E-state index contributed by atoms with van der Waals surface area (Å²) < 4.78 is 14.9. The number of aromatic nitrogens is 3. The second kappa shape index (κ2) is 4.73. The van der Waals surface area contributed by atoms with Crippen molar-refractivity contribution in [1.29, 1.82) is 0 Å². The van der Waals surface area contributed by atoms with Gasteiger partial charge in [-0.1, -0.05) is 0 Å². The summed E-state index contributed by atoms with van der Waals surface area (Å²) in [6, 6.07) is 2.39. The molecule has 1 aromatic carbocycles. The number of nitrogens with zero attached hydrogens (tertiary/aromatic N) is 3. The van der Waals surface area contributed by atoms with E-state index in [0.717, 1.165) is 6.07 Å². The molecule has 0 radical (unpaired) electrons. The number of benzene rings is 1. The minimum absolute atomic E-state index is 0.0405. The van der Waals surface area contributed by atoms with E-state index < -0.39 is 11.7 Å². The molecule has 0 aliphatic heterocycles. The van der Waals surface area contributed by atoms with E-state index in [2.05, 4.69) is 31.3 Å². The lowest BCUT2D eigenvalue weighted by Gasteiger charge is -2.07. The maximum Gasteiger partial charge on any atom is 0.260 e. The first-order valence-electron chi connectivity index (χ1n) is 4.89. The topological polar surface area (TPSA) is 85.8 Å². The van der Waals surface area contributed by atoms with Crippen LogP contribution >= 0.6 is 15.9 Å². The molecule has 0 saturated carbocycles. The highest BCUT2D eigenvalue weighted by Crippen LogP contribution is 2.23. The second-order valence-corrected chi connectivity index (χ2v) is 4.37. The molecule has 1 heterocycles. The maximum absolute atomic E-state index is 13.4. The molecule has 0 spiro atoms. The Morgan fingerprint density at radius 3 is 2.89 bits per heavy atom. The Labute approximate surface area is 110 Å². The summed E-state index contributed by atoms with van der Waals surface area (Å²) in [4.78, 5) is 15.7. The average molecular weight is 314 g/mol. The molecule has 0 saturated heterocycles. The highest BCUT2D eigenvalue weighted by atomic mass is 79.9. The summed E-state index contributed by atoms with van der Waals surface area (Å²) in [5.41, 5.74) is 5.87. The van der Waals surface area contributed by atoms with Crippen molar-refractivity contribution in [3.63, 3.8) is 0 Å². The molecule has 2 rings (SSSR count). The van der Waals surface area contributed by atoms with Crippen LogP contribution in [0.2, 0.25) is 0 Å². The van der Waals surface area contributed by atoms with Crippen LogP contribution in [-0.2, 0) is 7.05 Å². The van der Waals surface area contributed by atoms with E-state index in [-0.39, 0.29) is 21.7 Å². The van der Waals surface area contributed by atoms with Gasteiger partial charge in [-0.25, -0.2) is 9.07 Å². The molecule has 1 aromatic heterocycles. The highest BCUT2D eigenvalue weighted by Gasteiger charge is 2.15. The standard InChI is InChI=1S/C10H9BrFN5O/c1-17-10(14-4-15-17)16-9(18)5-2-7(12)6(11)3-8(5)13/h2-4H,13H2,1H3,(H,14,15,16,18). The van der Waals surface area contributed by atoms with E-state index in [1.54, 1.807) is 7.05 Å². The van der Waals surface area contributed by atoms with Gasteiger partial charge in [-0.05, 0) is 28.1 Å². The Hall–Kier alpha value is -1.96. The molecule has 8 heteroatoms. The van der Waals surface area contributed by atoms with E-state index in [0.29, 0.717) is 0 Å². The van der Waals surface area contributed by atoms with E-state index in [9.17, 15) is 9.18 Å². The summed E-state index contributed by atoms with van der Waals surface area (Å²) in [6.45, 7) is 0. The van der Waals surface area contributed by atoms with E-state index in [4.69, 9.17) is 5.73 Å². The van der Waals surface area contributed by atoms with Crippen LogP contribution < -0.4 is 11.1 Å². The van der Waals surface area contributed by atoms with E-state index >= 15 is 0 Å². The van der Waals surface area contributed by atoms with Crippen LogP contribution in [0.3, 0.4) is 0 Å². The molecule has 1 amide bonds. The Morgan fingerprint density at radius 1 is 1.56 bits per heavy atom. The van der Waals surface area contributed by atoms with Gasteiger partial charge in [0, 0.05) is 12.7 Å². The maximum atomic E-state index is 13.4. The van der Waals surface area contributed by atoms with Gasteiger partial charge in [0.25, 0.3) is 5.91 Å². The molecule has 0 bridgehead atoms. The minimum atomic E-state index is -0.563. The number of nitrogens with two attached hydrogens (primary N) is 1. The first kappa shape index (κ1) is 12.5. The molecule has 2 aromatic rings. The van der Waals surface area contributed by atoms with Gasteiger partial charge in [0.1, 0.15) is 12.1 Å². The highest BCUT2D eigenvalue weighted by molar-refractivity contribution is 9.10. The zero-order valence-electron chi connectivity index (χ0n) is 9.32. The number of hydrogen-bond acceptors (Lipinski definition) is 4. The van der Waals surface area contributed by atoms with Crippen molar-refractivity contribution in [1.82, 2.24) is 14.8 Å². The number of nitrogen functional groups attached to an aromatic ring is 1. The number of carbonyl (C=O) groups is 1. The monoisotopic (exact) mass is 313 g/mol. The molecule has 6 nitrogen and oxygen atoms in total. The van der Waals surface area contributed by atoms with E-state index in [1.165, 1.54) is 17.1 Å². The van der Waals surface area contributed by atoms with Crippen LogP contribution in [-0.4, -0.2) is 20.7 Å². The molecular weight excluding hydrogens is 305 g/mol. The predicted octanol–water partition coefficient (Wildman–Crippen LogP) is 1.55. The lowest BCUT2D eigenvalue weighted by Crippen LogP contribution is -2.17. The molecule has 0 atom stereocenters. The summed E-state index contributed by atoms with van der Waals surface area (Å²) in [5, 5.41) is 6.28. The fourth-order valence-corrected chi connectivity index (χ4v) is 1.70. The fraction of sp³-hybridized carbons (Fsp3) is 0.100. The van der Waals surface area contributed by atoms with Crippen molar-refractivity contribution in [3.8, 4) is 0 Å². The SMILES string of the molecule is Cn1ncnc1NC(=O)c1cc(F)c(Br)cc1N. The summed E-state index contributed by atoms with van der Waals surface area (Å²) in [7, 11) is 1.62. The van der Waals surface area contributed by atoms with Crippen molar-refractivity contribution in [2.24, 2.45) is 7.05 Å². The first-order valence-corrected chi connectivity index (χ1v) is 5.68. The predicted molar refractivity (Wildman–Crippen MR) is 67.5 cm³/mol. The number of amides is 1. The van der Waals surface area contributed by atoms with Crippen molar-refractivity contribution in [3.05, 3.63) is 34.3 Å². The molecule has 0 aliphatic rings. The number of aryl methyl sites for hydroxylation is 1. The van der Waals surface area contributed by atoms with Crippen molar-refractivity contribution >= 4 is 33.5 Å². The normalized spacial score (nSPS) is 10.4. The van der Waals surface area contributed by atoms with Gasteiger partial charge in [0.15, 0.2) is 0 Å². The summed E-state index contributed by atoms with van der Waals surface area (Å²) in [5.74, 6) is -0.856. The third kappa shape index (κ3) is 2.33. The van der Waals surface area contributed by atoms with Crippen LogP contribution in [0.5, 0.6) is 0 Å². The lowest BCUT2D eigenvalue weighted by molar-refractivity contribution is 0.102. The molecular formula is C10H9BrFN5O. The van der Waals surface area contributed by atoms with Crippen molar-refractivity contribution < 1.29 is 9.18 Å². The van der Waals surface area contributed by atoms with Crippen LogP contribution in [0.4, 0.5) is 16.0 Å². The van der Waals surface area contributed by atoms with Crippen LogP contribution in [0, 0.1) is 5.82 Å². The number of anilines is 2. The smallest absolute Gasteiger partial charge is 0.260 e. The van der Waals surface area contributed by atoms with Crippen LogP contribution in [0.15, 0.2) is 22.9 Å². The number of nitrogens with one attached hydrogen (secondary N) is 1. The van der Waals surface area contributed by atoms with Crippen molar-refractivity contribution in [2.75, 3.05) is 11.1 Å². The fourth-order valence-electron chi connectivity index (χ4n) is 1.34. The zero-order chi connectivity index (χ0) is 13.3. The van der Waals surface area contributed by atoms with Gasteiger partial charge in [0.05, 0.1) is 10.0 Å². The number of hydrogen-bond donors (Lipinski definition) is 2. The number of carbonyl (C=O) groups excluding carboxylic acids is 1. The van der Waals surface area contributed by atoms with E-state index in [1.807, 2.05) is 0 Å². The molecule has 3 N–H and O–H groups in total. The Bertz CT molecular complexity index is 612. The first-order chi connectivity index (χ1) is 8.49. The molecule has 18 heavy (non-hydrogen) atoms. The third-order valence-electron chi connectivity index (χ3n) is 2.27. The van der Waals surface area contributed by atoms with Crippen molar-refractivity contribution in [2.45, 2.75) is 0 Å². The van der Waals surface area contributed by atoms with Crippen LogP contribution in [0.1, 0.15) is 10.4 Å². The quantitative estimate of drug-likeness (QED) is 0.824. The minimum Gasteiger partial charge on any atom is -0.398 e. The Balaban J connectivity index is 2.30. The van der Waals surface area contributed by atoms with Gasteiger partial charge in [-0.2, -0.15) is 10.1 Å². The third-order valence-corrected chi connectivity index (χ3v) is 2.88. The Kier molecular flexibility index (Phi) is 3.28. The van der Waals surface area contributed by atoms with Gasteiger partial charge in [-0.3, -0.25) is 10.1 Å².